The zero-order chi connectivity index (χ0) is 26.6. The van der Waals surface area contributed by atoms with Crippen molar-refractivity contribution in [2.45, 2.75) is 13.8 Å². The van der Waals surface area contributed by atoms with Gasteiger partial charge in [0.15, 0.2) is 16.7 Å². The molecule has 5 rings (SSSR count). The molecule has 3 aromatic carbocycles. The maximum atomic E-state index is 12.8. The molecule has 2 heterocycles. The van der Waals surface area contributed by atoms with E-state index < -0.39 is 5.91 Å². The zero-order valence-electron chi connectivity index (χ0n) is 21.4. The number of aryl methyl sites for hydroxylation is 2. The fourth-order valence-electron chi connectivity index (χ4n) is 4.30. The van der Waals surface area contributed by atoms with Gasteiger partial charge in [-0.2, -0.15) is 4.99 Å². The summed E-state index contributed by atoms with van der Waals surface area (Å²) in [5.41, 5.74) is 4.97. The minimum Gasteiger partial charge on any atom is -0.493 e. The number of thioether (sulfide) groups is 1. The van der Waals surface area contributed by atoms with Gasteiger partial charge in [-0.25, -0.2) is 0 Å². The Balaban J connectivity index is 1.30. The van der Waals surface area contributed by atoms with Gasteiger partial charge >= 0.3 is 0 Å². The van der Waals surface area contributed by atoms with Crippen molar-refractivity contribution in [2.24, 2.45) is 4.99 Å². The van der Waals surface area contributed by atoms with Crippen molar-refractivity contribution in [3.05, 3.63) is 100.0 Å². The van der Waals surface area contributed by atoms with Crippen LogP contribution >= 0.6 is 11.8 Å². The molecule has 192 valence electrons. The molecule has 0 unspecified atom stereocenters. The Kier molecular flexibility index (Phi) is 7.33. The van der Waals surface area contributed by atoms with Gasteiger partial charge in [0.05, 0.1) is 18.4 Å². The highest BCUT2D eigenvalue weighted by molar-refractivity contribution is 8.17. The number of amidine groups is 2. The van der Waals surface area contributed by atoms with Gasteiger partial charge in [-0.1, -0.05) is 54.2 Å². The lowest BCUT2D eigenvalue weighted by atomic mass is 10.1. The third kappa shape index (κ3) is 5.35. The number of benzene rings is 3. The molecule has 7 nitrogen and oxygen atoms in total. The highest BCUT2D eigenvalue weighted by Gasteiger charge is 2.36. The second kappa shape index (κ2) is 11.0. The van der Waals surface area contributed by atoms with Crippen LogP contribution in [-0.4, -0.2) is 42.1 Å². The third-order valence-electron chi connectivity index (χ3n) is 5.99. The van der Waals surface area contributed by atoms with E-state index in [9.17, 15) is 4.79 Å². The molecule has 0 spiro atoms. The first-order valence-electron chi connectivity index (χ1n) is 12.1. The number of aliphatic imine (C=N–C) groups is 1. The van der Waals surface area contributed by atoms with Crippen LogP contribution in [0.15, 0.2) is 82.7 Å². The van der Waals surface area contributed by atoms with Crippen molar-refractivity contribution in [3.63, 3.8) is 0 Å². The average molecular weight is 526 g/mol. The van der Waals surface area contributed by atoms with Gasteiger partial charge in [0.2, 0.25) is 0 Å². The van der Waals surface area contributed by atoms with Crippen LogP contribution in [-0.2, 0) is 4.79 Å². The summed E-state index contributed by atoms with van der Waals surface area (Å²) in [6.07, 6.45) is 1.66. The molecular formula is C30H27N3O4S. The lowest BCUT2D eigenvalue weighted by Gasteiger charge is -2.27. The maximum absolute atomic E-state index is 12.8. The Morgan fingerprint density at radius 1 is 0.947 bits per heavy atom. The van der Waals surface area contributed by atoms with Crippen molar-refractivity contribution in [1.29, 1.82) is 5.41 Å². The van der Waals surface area contributed by atoms with E-state index >= 15 is 0 Å². The minimum atomic E-state index is -0.445. The molecule has 1 amide bonds. The van der Waals surface area contributed by atoms with Gasteiger partial charge in [0.1, 0.15) is 24.8 Å². The fourth-order valence-corrected chi connectivity index (χ4v) is 5.19. The number of amides is 1. The Morgan fingerprint density at radius 3 is 2.42 bits per heavy atom. The molecule has 0 aromatic heterocycles. The molecule has 2 aliphatic heterocycles. The van der Waals surface area contributed by atoms with Crippen LogP contribution in [0.1, 0.15) is 22.3 Å². The smallest absolute Gasteiger partial charge is 0.283 e. The maximum Gasteiger partial charge on any atom is 0.283 e. The molecule has 0 radical (unpaired) electrons. The summed E-state index contributed by atoms with van der Waals surface area (Å²) >= 11 is 1.34. The van der Waals surface area contributed by atoms with E-state index in [1.54, 1.807) is 30.2 Å². The van der Waals surface area contributed by atoms with E-state index in [0.29, 0.717) is 35.4 Å². The Hall–Kier alpha value is -4.30. The first-order valence-corrected chi connectivity index (χ1v) is 13.0. The molecule has 38 heavy (non-hydrogen) atoms. The summed E-state index contributed by atoms with van der Waals surface area (Å²) in [5.74, 6) is 1.54. The number of ether oxygens (including phenoxy) is 3. The molecule has 3 aromatic rings. The fraction of sp³-hybridized carbons (Fsp3) is 0.167. The lowest BCUT2D eigenvalue weighted by molar-refractivity contribution is -0.114. The number of hydrogen-bond acceptors (Lipinski definition) is 6. The Morgan fingerprint density at radius 2 is 1.68 bits per heavy atom. The van der Waals surface area contributed by atoms with Crippen LogP contribution in [0.2, 0.25) is 0 Å². The van der Waals surface area contributed by atoms with Crippen LogP contribution in [0.3, 0.4) is 0 Å². The Bertz CT molecular complexity index is 1470. The van der Waals surface area contributed by atoms with Crippen LogP contribution in [0.25, 0.3) is 11.8 Å². The second-order valence-corrected chi connectivity index (χ2v) is 9.70. The molecule has 8 heteroatoms. The molecule has 0 atom stereocenters. The highest BCUT2D eigenvalue weighted by Crippen LogP contribution is 2.37. The number of hydrogen-bond donors (Lipinski definition) is 1. The first-order chi connectivity index (χ1) is 18.4. The van der Waals surface area contributed by atoms with Crippen LogP contribution in [0.5, 0.6) is 17.2 Å². The number of rotatable bonds is 8. The average Bonchev–Trinajstić information content (AvgIpc) is 3.33. The zero-order valence-corrected chi connectivity index (χ0v) is 22.2. The highest BCUT2D eigenvalue weighted by atomic mass is 32.2. The quantitative estimate of drug-likeness (QED) is 0.284. The lowest BCUT2D eigenvalue weighted by Crippen LogP contribution is -2.38. The van der Waals surface area contributed by atoms with E-state index in [4.69, 9.17) is 19.6 Å². The van der Waals surface area contributed by atoms with Crippen molar-refractivity contribution >= 4 is 40.4 Å². The molecule has 0 saturated heterocycles. The number of nitrogens with zero attached hydrogens (tertiary/aromatic N) is 2. The number of methoxy groups -OCH3 is 1. The molecule has 0 saturated carbocycles. The van der Waals surface area contributed by atoms with Crippen molar-refractivity contribution in [3.8, 4) is 17.2 Å². The summed E-state index contributed by atoms with van der Waals surface area (Å²) < 4.78 is 17.3. The molecule has 1 N–H and O–H groups in total. The van der Waals surface area contributed by atoms with E-state index in [2.05, 4.69) is 11.1 Å². The molecular weight excluding hydrogens is 498 g/mol. The predicted molar refractivity (Wildman–Crippen MR) is 152 cm³/mol. The second-order valence-electron chi connectivity index (χ2n) is 8.86. The predicted octanol–water partition coefficient (Wildman–Crippen LogP) is 6.07. The minimum absolute atomic E-state index is 0.0860. The molecule has 0 aliphatic carbocycles. The molecule has 2 aliphatic rings. The van der Waals surface area contributed by atoms with E-state index in [1.165, 1.54) is 11.8 Å². The van der Waals surface area contributed by atoms with Gasteiger partial charge in [0.25, 0.3) is 5.91 Å². The number of fused-ring (bicyclic) bond motifs is 1. The van der Waals surface area contributed by atoms with Gasteiger partial charge in [-0.15, -0.1) is 0 Å². The summed E-state index contributed by atoms with van der Waals surface area (Å²) in [6, 6.07) is 21.2. The monoisotopic (exact) mass is 525 g/mol. The van der Waals surface area contributed by atoms with E-state index in [0.717, 1.165) is 28.1 Å². The van der Waals surface area contributed by atoms with Crippen molar-refractivity contribution in [2.75, 3.05) is 20.3 Å². The topological polar surface area (TPSA) is 84.2 Å². The van der Waals surface area contributed by atoms with Gasteiger partial charge < -0.3 is 14.2 Å². The largest absolute Gasteiger partial charge is 0.493 e. The number of carbonyl (C=O) groups excluding carboxylic acids is 1. The Labute approximate surface area is 225 Å². The van der Waals surface area contributed by atoms with Crippen LogP contribution in [0, 0.1) is 19.3 Å². The number of nitrogens with one attached hydrogen (secondary N) is 1. The van der Waals surface area contributed by atoms with Crippen LogP contribution < -0.4 is 14.2 Å². The van der Waals surface area contributed by atoms with Crippen molar-refractivity contribution in [1.82, 2.24) is 4.90 Å². The summed E-state index contributed by atoms with van der Waals surface area (Å²) in [5, 5.41) is 11.2. The third-order valence-corrected chi connectivity index (χ3v) is 6.81. The normalized spacial score (nSPS) is 15.8. The summed E-state index contributed by atoms with van der Waals surface area (Å²) in [6.45, 7) is 4.80. The van der Waals surface area contributed by atoms with Crippen LogP contribution in [0.4, 0.5) is 0 Å². The SMILES string of the molecule is COc1cc(/C=C2/C(=N)N3C(c4ccccc4)=CSC3=NC2=O)ccc1OCCOc1cc(C)cc(C)c1. The first kappa shape index (κ1) is 25.4. The van der Waals surface area contributed by atoms with Crippen molar-refractivity contribution < 1.29 is 19.0 Å². The summed E-state index contributed by atoms with van der Waals surface area (Å²) in [7, 11) is 1.56. The van der Waals surface area contributed by atoms with E-state index in [1.807, 2.05) is 67.8 Å². The summed E-state index contributed by atoms with van der Waals surface area (Å²) in [4.78, 5) is 18.8. The van der Waals surface area contributed by atoms with Gasteiger partial charge in [0, 0.05) is 5.41 Å². The van der Waals surface area contributed by atoms with E-state index in [-0.39, 0.29) is 11.4 Å². The van der Waals surface area contributed by atoms with Gasteiger partial charge in [-0.3, -0.25) is 15.1 Å². The molecule has 0 bridgehead atoms. The van der Waals surface area contributed by atoms with Gasteiger partial charge in [-0.05, 0) is 66.4 Å². The number of carbonyl (C=O) groups is 1. The molecule has 0 fully saturated rings. The standard InChI is InChI=1S/C30H27N3O4S/c1-19-13-20(2)15-23(14-19)36-11-12-37-26-10-9-21(17-27(26)35-3)16-24-28(31)33-25(22-7-5-4-6-8-22)18-38-30(33)32-29(24)34/h4-10,13-18,31H,11-12H2,1-3H3/b24-16-,31-28?.